The number of rotatable bonds is 4. The molecule has 0 saturated carbocycles. The van der Waals surface area contributed by atoms with E-state index in [2.05, 4.69) is 27.2 Å². The number of nitrogens with zero attached hydrogens (tertiary/aromatic N) is 2. The van der Waals surface area contributed by atoms with Gasteiger partial charge in [0.1, 0.15) is 18.1 Å². The molecule has 2 bridgehead atoms. The van der Waals surface area contributed by atoms with Gasteiger partial charge in [-0.05, 0) is 42.7 Å². The highest BCUT2D eigenvalue weighted by Gasteiger charge is 2.35. The maximum Gasteiger partial charge on any atom is 0.120 e. The number of piperidine rings is 1. The Balaban J connectivity index is 1.40. The van der Waals surface area contributed by atoms with Gasteiger partial charge in [-0.15, -0.1) is 0 Å². The van der Waals surface area contributed by atoms with Crippen LogP contribution in [0.1, 0.15) is 30.0 Å². The van der Waals surface area contributed by atoms with Crippen molar-refractivity contribution >= 4 is 17.3 Å². The van der Waals surface area contributed by atoms with Crippen molar-refractivity contribution in [3.63, 3.8) is 0 Å². The normalized spacial score (nSPS) is 16.0. The van der Waals surface area contributed by atoms with E-state index in [0.717, 1.165) is 40.7 Å². The van der Waals surface area contributed by atoms with Crippen LogP contribution in [0.4, 0.5) is 5.69 Å². The van der Waals surface area contributed by atoms with E-state index >= 15 is 0 Å². The van der Waals surface area contributed by atoms with E-state index in [0.29, 0.717) is 12.5 Å². The van der Waals surface area contributed by atoms with Crippen molar-refractivity contribution in [2.75, 3.05) is 18.0 Å². The highest BCUT2D eigenvalue weighted by molar-refractivity contribution is 6.30. The Kier molecular flexibility index (Phi) is 3.86. The Morgan fingerprint density at radius 1 is 1.12 bits per heavy atom. The summed E-state index contributed by atoms with van der Waals surface area (Å²) in [6, 6.07) is 16.0. The first-order chi connectivity index (χ1) is 12.8. The van der Waals surface area contributed by atoms with Gasteiger partial charge in [-0.1, -0.05) is 35.9 Å². The van der Waals surface area contributed by atoms with Crippen LogP contribution in [0.2, 0.25) is 5.02 Å². The zero-order chi connectivity index (χ0) is 17.5. The number of ether oxygens (including phenoxy) is 1. The lowest BCUT2D eigenvalue weighted by Crippen LogP contribution is -2.38. The van der Waals surface area contributed by atoms with E-state index in [1.54, 1.807) is 0 Å². The summed E-state index contributed by atoms with van der Waals surface area (Å²) in [5, 5.41) is 8.67. The maximum atomic E-state index is 5.98. The third-order valence-electron chi connectivity index (χ3n) is 5.41. The minimum absolute atomic E-state index is 0.521. The Morgan fingerprint density at radius 2 is 1.92 bits per heavy atom. The molecule has 0 amide bonds. The molecule has 5 heteroatoms. The average molecular weight is 366 g/mol. The van der Waals surface area contributed by atoms with E-state index in [1.807, 2.05) is 36.4 Å². The summed E-state index contributed by atoms with van der Waals surface area (Å²) in [6.07, 6.45) is 2.47. The van der Waals surface area contributed by atoms with Crippen molar-refractivity contribution < 1.29 is 4.74 Å². The molecule has 0 radical (unpaired) electrons. The van der Waals surface area contributed by atoms with E-state index in [9.17, 15) is 0 Å². The molecule has 3 aromatic rings. The molecule has 3 aliphatic rings. The fraction of sp³-hybridized carbons (Fsp3) is 0.286. The largest absolute Gasteiger partial charge is 0.489 e. The number of halogens is 1. The number of aromatic amines is 1. The lowest BCUT2D eigenvalue weighted by atomic mass is 9.86. The van der Waals surface area contributed by atoms with Crippen molar-refractivity contribution in [2.24, 2.45) is 0 Å². The standard InChI is InChI=1S/C21H20ClN3O/c22-17-6-4-14(5-7-17)13-26-18-3-1-2-16(12-18)20-21-19(23-24-20)15-8-10-25(21)11-9-15/h1-7,12,15H,8-11,13H2,(H,23,24). The molecule has 1 aromatic heterocycles. The summed E-state index contributed by atoms with van der Waals surface area (Å²) in [5.74, 6) is 1.49. The number of nitrogens with one attached hydrogen (secondary N) is 1. The second-order valence-corrected chi connectivity index (χ2v) is 7.48. The topological polar surface area (TPSA) is 41.1 Å². The van der Waals surface area contributed by atoms with Gasteiger partial charge >= 0.3 is 0 Å². The van der Waals surface area contributed by atoms with E-state index in [4.69, 9.17) is 16.3 Å². The van der Waals surface area contributed by atoms with Crippen molar-refractivity contribution in [1.82, 2.24) is 10.2 Å². The molecule has 1 N–H and O–H groups in total. The van der Waals surface area contributed by atoms with Gasteiger partial charge < -0.3 is 9.64 Å². The van der Waals surface area contributed by atoms with Crippen molar-refractivity contribution in [2.45, 2.75) is 25.4 Å². The highest BCUT2D eigenvalue weighted by Crippen LogP contribution is 2.45. The fourth-order valence-corrected chi connectivity index (χ4v) is 4.15. The zero-order valence-corrected chi connectivity index (χ0v) is 15.2. The van der Waals surface area contributed by atoms with Crippen LogP contribution in [-0.4, -0.2) is 23.3 Å². The molecule has 0 unspecified atom stereocenters. The van der Waals surface area contributed by atoms with Crippen LogP contribution in [-0.2, 0) is 6.61 Å². The van der Waals surface area contributed by atoms with Gasteiger partial charge in [-0.2, -0.15) is 5.10 Å². The third kappa shape index (κ3) is 2.74. The summed E-state index contributed by atoms with van der Waals surface area (Å²) in [5.41, 5.74) is 5.85. The van der Waals surface area contributed by atoms with E-state index in [-0.39, 0.29) is 0 Å². The number of H-pyrrole nitrogens is 1. The molecule has 0 aliphatic carbocycles. The van der Waals surface area contributed by atoms with Crippen LogP contribution >= 0.6 is 11.6 Å². The monoisotopic (exact) mass is 365 g/mol. The van der Waals surface area contributed by atoms with Gasteiger partial charge in [0.15, 0.2) is 0 Å². The minimum atomic E-state index is 0.521. The molecule has 6 rings (SSSR count). The number of fused-ring (bicyclic) bond motifs is 2. The number of benzene rings is 2. The molecular weight excluding hydrogens is 346 g/mol. The van der Waals surface area contributed by atoms with Gasteiger partial charge in [0.05, 0.1) is 11.4 Å². The Labute approximate surface area is 157 Å². The molecule has 2 aromatic carbocycles. The molecular formula is C21H20ClN3O. The molecule has 26 heavy (non-hydrogen) atoms. The smallest absolute Gasteiger partial charge is 0.120 e. The molecule has 1 fully saturated rings. The summed E-state index contributed by atoms with van der Waals surface area (Å²) in [7, 11) is 0. The average Bonchev–Trinajstić information content (AvgIpc) is 3.16. The lowest BCUT2D eigenvalue weighted by Gasteiger charge is -2.40. The summed E-state index contributed by atoms with van der Waals surface area (Å²) < 4.78 is 5.98. The maximum absolute atomic E-state index is 5.98. The zero-order valence-electron chi connectivity index (χ0n) is 14.4. The SMILES string of the molecule is Clc1ccc(COc2cccc(-c3n[nH]c4c3N3CCC4CC3)c2)cc1. The second kappa shape index (κ2) is 6.36. The Hall–Kier alpha value is -2.46. The predicted octanol–water partition coefficient (Wildman–Crippen LogP) is 5.01. The molecule has 0 atom stereocenters. The fourth-order valence-electron chi connectivity index (χ4n) is 4.03. The van der Waals surface area contributed by atoms with Crippen LogP contribution in [0.3, 0.4) is 0 Å². The van der Waals surface area contributed by atoms with Crippen molar-refractivity contribution in [3.05, 3.63) is 64.8 Å². The van der Waals surface area contributed by atoms with Crippen LogP contribution in [0.15, 0.2) is 48.5 Å². The van der Waals surface area contributed by atoms with Gasteiger partial charge in [0.25, 0.3) is 0 Å². The number of anilines is 1. The Morgan fingerprint density at radius 3 is 2.73 bits per heavy atom. The first-order valence-corrected chi connectivity index (χ1v) is 9.46. The number of hydrogen-bond acceptors (Lipinski definition) is 3. The van der Waals surface area contributed by atoms with E-state index in [1.165, 1.54) is 24.2 Å². The molecule has 0 spiro atoms. The van der Waals surface area contributed by atoms with Gasteiger partial charge in [0.2, 0.25) is 0 Å². The summed E-state index contributed by atoms with van der Waals surface area (Å²) in [6.45, 7) is 2.79. The first kappa shape index (κ1) is 15.8. The summed E-state index contributed by atoms with van der Waals surface area (Å²) >= 11 is 5.94. The third-order valence-corrected chi connectivity index (χ3v) is 5.67. The van der Waals surface area contributed by atoms with Crippen LogP contribution < -0.4 is 9.64 Å². The molecule has 1 saturated heterocycles. The quantitative estimate of drug-likeness (QED) is 0.706. The predicted molar refractivity (Wildman–Crippen MR) is 104 cm³/mol. The lowest BCUT2D eigenvalue weighted by molar-refractivity contribution is 0.306. The number of aromatic nitrogens is 2. The van der Waals surface area contributed by atoms with Gasteiger partial charge in [-0.25, -0.2) is 0 Å². The first-order valence-electron chi connectivity index (χ1n) is 9.09. The second-order valence-electron chi connectivity index (χ2n) is 7.04. The molecule has 3 aliphatic heterocycles. The molecule has 4 heterocycles. The summed E-state index contributed by atoms with van der Waals surface area (Å²) in [4.78, 5) is 2.47. The molecule has 4 nitrogen and oxygen atoms in total. The van der Waals surface area contributed by atoms with Gasteiger partial charge in [0, 0.05) is 29.6 Å². The van der Waals surface area contributed by atoms with Crippen LogP contribution in [0.25, 0.3) is 11.3 Å². The minimum Gasteiger partial charge on any atom is -0.489 e. The van der Waals surface area contributed by atoms with Gasteiger partial charge in [-0.3, -0.25) is 5.10 Å². The Bertz CT molecular complexity index is 927. The molecule has 132 valence electrons. The van der Waals surface area contributed by atoms with Crippen LogP contribution in [0, 0.1) is 0 Å². The number of hydrogen-bond donors (Lipinski definition) is 1. The highest BCUT2D eigenvalue weighted by atomic mass is 35.5. The van der Waals surface area contributed by atoms with Crippen molar-refractivity contribution in [3.8, 4) is 17.0 Å². The van der Waals surface area contributed by atoms with Crippen LogP contribution in [0.5, 0.6) is 5.75 Å². The van der Waals surface area contributed by atoms with Crippen molar-refractivity contribution in [1.29, 1.82) is 0 Å². The van der Waals surface area contributed by atoms with E-state index < -0.39 is 0 Å².